The molecule has 0 aliphatic carbocycles. The average molecular weight is 291 g/mol. The minimum Gasteiger partial charge on any atom is -0.336 e. The molecule has 19 heavy (non-hydrogen) atoms. The van der Waals surface area contributed by atoms with E-state index in [2.05, 4.69) is 39.2 Å². The molecule has 2 aromatic heterocycles. The van der Waals surface area contributed by atoms with E-state index in [1.165, 1.54) is 10.4 Å². The number of rotatable bonds is 4. The molecular formula is C15H17NOS2. The Morgan fingerprint density at radius 2 is 2.32 bits per heavy atom. The molecule has 0 unspecified atom stereocenters. The largest absolute Gasteiger partial charge is 0.336 e. The van der Waals surface area contributed by atoms with Crippen molar-refractivity contribution in [3.8, 4) is 0 Å². The number of carbonyl (C=O) groups excluding carboxylic acids is 1. The summed E-state index contributed by atoms with van der Waals surface area (Å²) in [6.07, 6.45) is 3.76. The number of likely N-dealkylation sites (tertiary alicyclic amines) is 1. The second-order valence-electron chi connectivity index (χ2n) is 4.88. The van der Waals surface area contributed by atoms with Gasteiger partial charge in [-0.1, -0.05) is 6.07 Å². The minimum atomic E-state index is 0.308. The SMILES string of the molecule is O=C(CCc1cccs1)N1CCC[C@H]1c1ccsc1. The van der Waals surface area contributed by atoms with E-state index in [9.17, 15) is 4.79 Å². The van der Waals surface area contributed by atoms with Crippen LogP contribution in [0, 0.1) is 0 Å². The van der Waals surface area contributed by atoms with Crippen LogP contribution in [0.2, 0.25) is 0 Å². The molecule has 100 valence electrons. The molecule has 3 rings (SSSR count). The Bertz CT molecular complexity index is 518. The fraction of sp³-hybridized carbons (Fsp3) is 0.400. The highest BCUT2D eigenvalue weighted by atomic mass is 32.1. The number of amides is 1. The predicted molar refractivity (Wildman–Crippen MR) is 80.6 cm³/mol. The summed E-state index contributed by atoms with van der Waals surface area (Å²) < 4.78 is 0. The van der Waals surface area contributed by atoms with E-state index in [-0.39, 0.29) is 0 Å². The molecule has 3 heterocycles. The van der Waals surface area contributed by atoms with Crippen LogP contribution in [0.1, 0.15) is 35.7 Å². The summed E-state index contributed by atoms with van der Waals surface area (Å²) >= 11 is 3.45. The summed E-state index contributed by atoms with van der Waals surface area (Å²) in [5.41, 5.74) is 1.31. The Hall–Kier alpha value is -1.13. The first-order valence-corrected chi connectivity index (χ1v) is 8.51. The van der Waals surface area contributed by atoms with Crippen molar-refractivity contribution in [2.75, 3.05) is 6.54 Å². The van der Waals surface area contributed by atoms with Crippen LogP contribution in [-0.4, -0.2) is 17.4 Å². The molecule has 0 N–H and O–H groups in total. The molecule has 2 aromatic rings. The smallest absolute Gasteiger partial charge is 0.223 e. The molecule has 1 fully saturated rings. The Morgan fingerprint density at radius 3 is 3.05 bits per heavy atom. The standard InChI is InChI=1S/C15H17NOS2/c17-15(6-5-13-3-2-9-19-13)16-8-1-4-14(16)12-7-10-18-11-12/h2-3,7,9-11,14H,1,4-6,8H2/t14-/m0/s1. The van der Waals surface area contributed by atoms with Gasteiger partial charge in [0.15, 0.2) is 0 Å². The molecule has 0 spiro atoms. The predicted octanol–water partition coefficient (Wildman–Crippen LogP) is 4.11. The van der Waals surface area contributed by atoms with Gasteiger partial charge in [0.05, 0.1) is 6.04 Å². The van der Waals surface area contributed by atoms with Crippen LogP contribution in [0.3, 0.4) is 0 Å². The Kier molecular flexibility index (Phi) is 3.99. The van der Waals surface area contributed by atoms with Gasteiger partial charge >= 0.3 is 0 Å². The van der Waals surface area contributed by atoms with E-state index in [4.69, 9.17) is 0 Å². The van der Waals surface area contributed by atoms with Crippen molar-refractivity contribution in [1.29, 1.82) is 0 Å². The van der Waals surface area contributed by atoms with Gasteiger partial charge < -0.3 is 4.90 Å². The van der Waals surface area contributed by atoms with Crippen molar-refractivity contribution in [1.82, 2.24) is 4.90 Å². The van der Waals surface area contributed by atoms with E-state index in [0.29, 0.717) is 18.4 Å². The van der Waals surface area contributed by atoms with Crippen LogP contribution in [0.5, 0.6) is 0 Å². The average Bonchev–Trinajstić information content (AvgIpc) is 3.14. The Morgan fingerprint density at radius 1 is 1.37 bits per heavy atom. The van der Waals surface area contributed by atoms with Gasteiger partial charge in [-0.3, -0.25) is 4.79 Å². The Balaban J connectivity index is 1.62. The van der Waals surface area contributed by atoms with Crippen LogP contribution < -0.4 is 0 Å². The number of thiophene rings is 2. The number of hydrogen-bond acceptors (Lipinski definition) is 3. The Labute approximate surface area is 121 Å². The molecule has 0 saturated carbocycles. The van der Waals surface area contributed by atoms with E-state index in [0.717, 1.165) is 25.8 Å². The number of hydrogen-bond donors (Lipinski definition) is 0. The van der Waals surface area contributed by atoms with Gasteiger partial charge in [0.1, 0.15) is 0 Å². The van der Waals surface area contributed by atoms with Crippen LogP contribution in [0.4, 0.5) is 0 Å². The van der Waals surface area contributed by atoms with E-state index in [1.807, 2.05) is 0 Å². The van der Waals surface area contributed by atoms with Gasteiger partial charge in [-0.2, -0.15) is 11.3 Å². The van der Waals surface area contributed by atoms with Crippen LogP contribution in [0.15, 0.2) is 34.3 Å². The molecule has 0 bridgehead atoms. The van der Waals surface area contributed by atoms with Gasteiger partial charge in [-0.15, -0.1) is 11.3 Å². The normalized spacial score (nSPS) is 18.9. The first kappa shape index (κ1) is 12.9. The van der Waals surface area contributed by atoms with E-state index < -0.39 is 0 Å². The van der Waals surface area contributed by atoms with E-state index in [1.54, 1.807) is 22.7 Å². The lowest BCUT2D eigenvalue weighted by atomic mass is 10.1. The monoisotopic (exact) mass is 291 g/mol. The van der Waals surface area contributed by atoms with Crippen molar-refractivity contribution < 1.29 is 4.79 Å². The van der Waals surface area contributed by atoms with Crippen molar-refractivity contribution in [2.45, 2.75) is 31.7 Å². The van der Waals surface area contributed by atoms with Gasteiger partial charge in [0.2, 0.25) is 5.91 Å². The lowest BCUT2D eigenvalue weighted by Gasteiger charge is -2.24. The van der Waals surface area contributed by atoms with Gasteiger partial charge in [-0.05, 0) is 53.1 Å². The van der Waals surface area contributed by atoms with Crippen molar-refractivity contribution in [2.24, 2.45) is 0 Å². The van der Waals surface area contributed by atoms with Crippen molar-refractivity contribution in [3.63, 3.8) is 0 Å². The molecule has 4 heteroatoms. The van der Waals surface area contributed by atoms with Gasteiger partial charge in [-0.25, -0.2) is 0 Å². The third-order valence-corrected chi connectivity index (χ3v) is 5.30. The summed E-state index contributed by atoms with van der Waals surface area (Å²) in [5.74, 6) is 0.308. The zero-order valence-electron chi connectivity index (χ0n) is 10.7. The molecule has 0 radical (unpaired) electrons. The highest BCUT2D eigenvalue weighted by Gasteiger charge is 2.29. The third-order valence-electron chi connectivity index (χ3n) is 3.67. The number of nitrogens with zero attached hydrogens (tertiary/aromatic N) is 1. The fourth-order valence-corrected chi connectivity index (χ4v) is 4.12. The number of aryl methyl sites for hydroxylation is 1. The van der Waals surface area contributed by atoms with E-state index >= 15 is 0 Å². The summed E-state index contributed by atoms with van der Waals surface area (Å²) in [6.45, 7) is 0.920. The molecule has 1 saturated heterocycles. The molecule has 0 aromatic carbocycles. The molecule has 2 nitrogen and oxygen atoms in total. The third kappa shape index (κ3) is 2.90. The van der Waals surface area contributed by atoms with Crippen molar-refractivity contribution >= 4 is 28.6 Å². The topological polar surface area (TPSA) is 20.3 Å². The van der Waals surface area contributed by atoms with Gasteiger partial charge in [0.25, 0.3) is 0 Å². The van der Waals surface area contributed by atoms with Crippen LogP contribution in [-0.2, 0) is 11.2 Å². The quantitative estimate of drug-likeness (QED) is 0.830. The lowest BCUT2D eigenvalue weighted by molar-refractivity contribution is -0.132. The zero-order valence-corrected chi connectivity index (χ0v) is 12.4. The first-order valence-electron chi connectivity index (χ1n) is 6.68. The lowest BCUT2D eigenvalue weighted by Crippen LogP contribution is -2.30. The maximum atomic E-state index is 12.4. The summed E-state index contributed by atoms with van der Waals surface area (Å²) in [7, 11) is 0. The second-order valence-corrected chi connectivity index (χ2v) is 6.69. The molecular weight excluding hydrogens is 274 g/mol. The maximum absolute atomic E-state index is 12.4. The second kappa shape index (κ2) is 5.88. The van der Waals surface area contributed by atoms with Crippen LogP contribution >= 0.6 is 22.7 Å². The number of carbonyl (C=O) groups is 1. The zero-order chi connectivity index (χ0) is 13.1. The summed E-state index contributed by atoms with van der Waals surface area (Å²) in [4.78, 5) is 15.8. The maximum Gasteiger partial charge on any atom is 0.223 e. The van der Waals surface area contributed by atoms with Crippen molar-refractivity contribution in [3.05, 3.63) is 44.8 Å². The van der Waals surface area contributed by atoms with Crippen LogP contribution in [0.25, 0.3) is 0 Å². The highest BCUT2D eigenvalue weighted by Crippen LogP contribution is 2.33. The molecule has 1 aliphatic rings. The summed E-state index contributed by atoms with van der Waals surface area (Å²) in [5, 5.41) is 6.35. The molecule has 1 amide bonds. The summed E-state index contributed by atoms with van der Waals surface area (Å²) in [6, 6.07) is 6.63. The fourth-order valence-electron chi connectivity index (χ4n) is 2.70. The highest BCUT2D eigenvalue weighted by molar-refractivity contribution is 7.09. The first-order chi connectivity index (χ1) is 9.34. The minimum absolute atomic E-state index is 0.308. The van der Waals surface area contributed by atoms with Gasteiger partial charge in [0, 0.05) is 17.8 Å². The molecule has 1 aliphatic heterocycles. The molecule has 1 atom stereocenters.